The zero-order chi connectivity index (χ0) is 14.5. The molecule has 0 atom stereocenters. The first-order chi connectivity index (χ1) is 9.61. The van der Waals surface area contributed by atoms with Gasteiger partial charge >= 0.3 is 5.97 Å². The van der Waals surface area contributed by atoms with Crippen LogP contribution in [0, 0.1) is 0 Å². The van der Waals surface area contributed by atoms with E-state index in [2.05, 4.69) is 15.3 Å². The monoisotopic (exact) mass is 294 g/mol. The number of aromatic nitrogens is 3. The van der Waals surface area contributed by atoms with Crippen molar-refractivity contribution >= 4 is 34.8 Å². The van der Waals surface area contributed by atoms with Crippen molar-refractivity contribution in [2.45, 2.75) is 18.6 Å². The number of likely N-dealkylation sites (N-methyl/N-ethyl adjacent to an activating group) is 1. The third-order valence-corrected chi connectivity index (χ3v) is 3.43. The van der Waals surface area contributed by atoms with Crippen LogP contribution in [0.2, 0.25) is 0 Å². The van der Waals surface area contributed by atoms with Crippen molar-refractivity contribution in [1.29, 1.82) is 0 Å². The quantitative estimate of drug-likeness (QED) is 0.763. The number of carboxylic acids is 1. The standard InChI is InChI=1S/C12H14N4O3S/c1-2-13-9(17)6-16-11-8(4-3-5-14-11)15-12(16)20-7-10(18)19/h3-5H,2,6-7H2,1H3,(H,13,17)(H,18,19). The minimum Gasteiger partial charge on any atom is -0.481 e. The van der Waals surface area contributed by atoms with Crippen LogP contribution in [0.25, 0.3) is 11.2 Å². The number of carbonyl (C=O) groups is 2. The van der Waals surface area contributed by atoms with E-state index in [1.807, 2.05) is 6.92 Å². The second-order valence-corrected chi connectivity index (χ2v) is 4.91. The Morgan fingerprint density at radius 3 is 3.00 bits per heavy atom. The average Bonchev–Trinajstić information content (AvgIpc) is 2.75. The SMILES string of the molecule is CCNC(=O)Cn1c(SCC(=O)O)nc2cccnc21. The van der Waals surface area contributed by atoms with Crippen LogP contribution in [-0.2, 0) is 16.1 Å². The summed E-state index contributed by atoms with van der Waals surface area (Å²) in [7, 11) is 0. The number of fused-ring (bicyclic) bond motifs is 1. The van der Waals surface area contributed by atoms with E-state index in [1.54, 1.807) is 22.9 Å². The second-order valence-electron chi connectivity index (χ2n) is 3.96. The molecular formula is C12H14N4O3S. The van der Waals surface area contributed by atoms with E-state index in [0.717, 1.165) is 11.8 Å². The molecule has 2 aromatic heterocycles. The summed E-state index contributed by atoms with van der Waals surface area (Å²) in [4.78, 5) is 30.9. The highest BCUT2D eigenvalue weighted by Gasteiger charge is 2.15. The molecule has 106 valence electrons. The number of hydrogen-bond acceptors (Lipinski definition) is 5. The van der Waals surface area contributed by atoms with Crippen molar-refractivity contribution in [2.75, 3.05) is 12.3 Å². The van der Waals surface area contributed by atoms with Gasteiger partial charge in [-0.05, 0) is 19.1 Å². The van der Waals surface area contributed by atoms with Gasteiger partial charge in [0.1, 0.15) is 12.1 Å². The summed E-state index contributed by atoms with van der Waals surface area (Å²) in [6.45, 7) is 2.45. The Morgan fingerprint density at radius 2 is 2.30 bits per heavy atom. The van der Waals surface area contributed by atoms with Gasteiger partial charge in [0.2, 0.25) is 5.91 Å². The molecule has 8 heteroatoms. The molecule has 0 saturated heterocycles. The van der Waals surface area contributed by atoms with E-state index >= 15 is 0 Å². The highest BCUT2D eigenvalue weighted by molar-refractivity contribution is 7.99. The van der Waals surface area contributed by atoms with E-state index < -0.39 is 5.97 Å². The Hall–Kier alpha value is -2.09. The number of pyridine rings is 1. The van der Waals surface area contributed by atoms with Crippen molar-refractivity contribution in [1.82, 2.24) is 19.9 Å². The van der Waals surface area contributed by atoms with Gasteiger partial charge in [0.15, 0.2) is 10.8 Å². The van der Waals surface area contributed by atoms with E-state index in [4.69, 9.17) is 5.11 Å². The molecule has 2 aromatic rings. The molecule has 7 nitrogen and oxygen atoms in total. The third kappa shape index (κ3) is 3.27. The highest BCUT2D eigenvalue weighted by Crippen LogP contribution is 2.22. The molecule has 0 bridgehead atoms. The lowest BCUT2D eigenvalue weighted by Gasteiger charge is -2.07. The minimum absolute atomic E-state index is 0.0727. The predicted octanol–water partition coefficient (Wildman–Crippen LogP) is 0.744. The van der Waals surface area contributed by atoms with Gasteiger partial charge in [-0.3, -0.25) is 14.2 Å². The Morgan fingerprint density at radius 1 is 1.50 bits per heavy atom. The lowest BCUT2D eigenvalue weighted by Crippen LogP contribution is -2.27. The molecule has 0 aliphatic rings. The Kier molecular flexibility index (Phi) is 4.57. The summed E-state index contributed by atoms with van der Waals surface area (Å²) in [6.07, 6.45) is 1.61. The number of rotatable bonds is 6. The van der Waals surface area contributed by atoms with Gasteiger partial charge in [0.05, 0.1) is 5.75 Å². The number of nitrogens with zero attached hydrogens (tertiary/aromatic N) is 3. The first kappa shape index (κ1) is 14.3. The fraction of sp³-hybridized carbons (Fsp3) is 0.333. The summed E-state index contributed by atoms with van der Waals surface area (Å²) in [5, 5.41) is 11.9. The van der Waals surface area contributed by atoms with Crippen LogP contribution in [0.4, 0.5) is 0 Å². The van der Waals surface area contributed by atoms with Crippen molar-refractivity contribution in [3.63, 3.8) is 0 Å². The van der Waals surface area contributed by atoms with Crippen LogP contribution in [0.1, 0.15) is 6.92 Å². The zero-order valence-electron chi connectivity index (χ0n) is 10.9. The maximum Gasteiger partial charge on any atom is 0.313 e. The smallest absolute Gasteiger partial charge is 0.313 e. The van der Waals surface area contributed by atoms with Gasteiger partial charge in [-0.1, -0.05) is 11.8 Å². The molecule has 0 saturated carbocycles. The number of aliphatic carboxylic acids is 1. The molecule has 2 heterocycles. The Labute approximate surface area is 119 Å². The molecule has 0 spiro atoms. The van der Waals surface area contributed by atoms with Gasteiger partial charge < -0.3 is 10.4 Å². The van der Waals surface area contributed by atoms with Crippen LogP contribution in [-0.4, -0.2) is 43.8 Å². The molecule has 0 aliphatic carbocycles. The van der Waals surface area contributed by atoms with Crippen LogP contribution in [0.3, 0.4) is 0 Å². The maximum atomic E-state index is 11.7. The van der Waals surface area contributed by atoms with Crippen LogP contribution in [0.5, 0.6) is 0 Å². The molecule has 0 aromatic carbocycles. The van der Waals surface area contributed by atoms with Crippen LogP contribution in [0.15, 0.2) is 23.5 Å². The highest BCUT2D eigenvalue weighted by atomic mass is 32.2. The summed E-state index contributed by atoms with van der Waals surface area (Å²) in [6, 6.07) is 3.53. The fourth-order valence-electron chi connectivity index (χ4n) is 1.71. The molecule has 1 amide bonds. The number of carbonyl (C=O) groups excluding carboxylic acids is 1. The van der Waals surface area contributed by atoms with Crippen LogP contribution < -0.4 is 5.32 Å². The van der Waals surface area contributed by atoms with E-state index in [1.165, 1.54) is 0 Å². The third-order valence-electron chi connectivity index (χ3n) is 2.47. The second kappa shape index (κ2) is 6.38. The number of amides is 1. The van der Waals surface area contributed by atoms with E-state index in [9.17, 15) is 9.59 Å². The lowest BCUT2D eigenvalue weighted by molar-refractivity contribution is -0.133. The molecule has 0 unspecified atom stereocenters. The molecule has 0 aliphatic heterocycles. The fourth-order valence-corrected chi connectivity index (χ4v) is 2.44. The summed E-state index contributed by atoms with van der Waals surface area (Å²) >= 11 is 1.07. The first-order valence-electron chi connectivity index (χ1n) is 6.04. The largest absolute Gasteiger partial charge is 0.481 e. The number of imidazole rings is 1. The Bertz CT molecular complexity index is 641. The molecule has 0 fully saturated rings. The van der Waals surface area contributed by atoms with Gasteiger partial charge in [0.25, 0.3) is 0 Å². The lowest BCUT2D eigenvalue weighted by atomic mass is 10.4. The van der Waals surface area contributed by atoms with Crippen LogP contribution >= 0.6 is 11.8 Å². The topological polar surface area (TPSA) is 97.1 Å². The van der Waals surface area contributed by atoms with Crippen molar-refractivity contribution < 1.29 is 14.7 Å². The van der Waals surface area contributed by atoms with Gasteiger partial charge in [-0.2, -0.15) is 0 Å². The van der Waals surface area contributed by atoms with Gasteiger partial charge in [-0.15, -0.1) is 0 Å². The van der Waals surface area contributed by atoms with Crippen molar-refractivity contribution in [2.24, 2.45) is 0 Å². The number of carboxylic acid groups (broad SMARTS) is 1. The first-order valence-corrected chi connectivity index (χ1v) is 7.03. The van der Waals surface area contributed by atoms with Gasteiger partial charge in [-0.25, -0.2) is 9.97 Å². The maximum absolute atomic E-state index is 11.7. The van der Waals surface area contributed by atoms with E-state index in [-0.39, 0.29) is 18.2 Å². The van der Waals surface area contributed by atoms with E-state index in [0.29, 0.717) is 22.9 Å². The minimum atomic E-state index is -0.931. The van der Waals surface area contributed by atoms with Crippen molar-refractivity contribution in [3.8, 4) is 0 Å². The molecule has 2 N–H and O–H groups in total. The number of hydrogen-bond donors (Lipinski definition) is 2. The average molecular weight is 294 g/mol. The molecule has 0 radical (unpaired) electrons. The Balaban J connectivity index is 2.33. The van der Waals surface area contributed by atoms with Gasteiger partial charge in [0, 0.05) is 12.7 Å². The normalized spacial score (nSPS) is 10.7. The number of thioether (sulfide) groups is 1. The van der Waals surface area contributed by atoms with Crippen molar-refractivity contribution in [3.05, 3.63) is 18.3 Å². The molecule has 20 heavy (non-hydrogen) atoms. The summed E-state index contributed by atoms with van der Waals surface area (Å²) in [5.74, 6) is -1.20. The summed E-state index contributed by atoms with van der Waals surface area (Å²) in [5.41, 5.74) is 1.22. The molecular weight excluding hydrogens is 280 g/mol. The molecule has 2 rings (SSSR count). The number of nitrogens with one attached hydrogen (secondary N) is 1. The predicted molar refractivity (Wildman–Crippen MR) is 74.6 cm³/mol. The zero-order valence-corrected chi connectivity index (χ0v) is 11.7. The summed E-state index contributed by atoms with van der Waals surface area (Å²) < 4.78 is 1.63.